The lowest BCUT2D eigenvalue weighted by Gasteiger charge is -2.11. The number of nitrogens with zero attached hydrogens (tertiary/aromatic N) is 6. The Labute approximate surface area is 256 Å². The SMILES string of the molecule is c1ccc(-c2ccc(-c3nc(-c4ccccc4)nc(-n4c5ccccc5c5cc6sc7cncnc7c6cc54)n3)cc2)cc1. The monoisotopic (exact) mass is 582 g/mol. The van der Waals surface area contributed by atoms with Crippen LogP contribution in [0.4, 0.5) is 0 Å². The number of rotatable bonds is 4. The molecule has 0 radical (unpaired) electrons. The van der Waals surface area contributed by atoms with E-state index in [9.17, 15) is 0 Å². The molecule has 0 atom stereocenters. The van der Waals surface area contributed by atoms with Crippen LogP contribution in [0.25, 0.3) is 82.0 Å². The Morgan fingerprint density at radius 1 is 0.500 bits per heavy atom. The molecule has 5 aromatic carbocycles. The van der Waals surface area contributed by atoms with Crippen LogP contribution in [0.2, 0.25) is 0 Å². The smallest absolute Gasteiger partial charge is 0.238 e. The van der Waals surface area contributed by atoms with E-state index in [4.69, 9.17) is 15.0 Å². The number of aromatic nitrogens is 6. The number of hydrogen-bond donors (Lipinski definition) is 0. The van der Waals surface area contributed by atoms with Gasteiger partial charge in [-0.25, -0.2) is 15.0 Å². The van der Waals surface area contributed by atoms with Crippen LogP contribution in [0, 0.1) is 0 Å². The summed E-state index contributed by atoms with van der Waals surface area (Å²) in [4.78, 5) is 24.0. The third kappa shape index (κ3) is 3.98. The first-order valence-corrected chi connectivity index (χ1v) is 15.1. The number of hydrogen-bond acceptors (Lipinski definition) is 6. The van der Waals surface area contributed by atoms with E-state index in [-0.39, 0.29) is 0 Å². The predicted octanol–water partition coefficient (Wildman–Crippen LogP) is 9.13. The van der Waals surface area contributed by atoms with Crippen molar-refractivity contribution in [3.63, 3.8) is 0 Å². The van der Waals surface area contributed by atoms with Gasteiger partial charge in [-0.1, -0.05) is 103 Å². The molecule has 0 bridgehead atoms. The summed E-state index contributed by atoms with van der Waals surface area (Å²) in [5.41, 5.74) is 7.19. The number of para-hydroxylation sites is 1. The van der Waals surface area contributed by atoms with Gasteiger partial charge in [0.25, 0.3) is 0 Å². The van der Waals surface area contributed by atoms with Gasteiger partial charge < -0.3 is 0 Å². The normalized spacial score (nSPS) is 11.6. The zero-order chi connectivity index (χ0) is 29.0. The number of benzene rings is 5. The summed E-state index contributed by atoms with van der Waals surface area (Å²) in [6, 6.07) is 41.8. The fourth-order valence-electron chi connectivity index (χ4n) is 5.95. The molecule has 0 aliphatic heterocycles. The van der Waals surface area contributed by atoms with Crippen molar-refractivity contribution >= 4 is 53.4 Å². The van der Waals surface area contributed by atoms with Gasteiger partial charge in [0.2, 0.25) is 5.95 Å². The first-order valence-electron chi connectivity index (χ1n) is 14.3. The molecule has 0 aliphatic rings. The largest absolute Gasteiger partial charge is 0.278 e. The Kier molecular flexibility index (Phi) is 5.57. The average Bonchev–Trinajstić information content (AvgIpc) is 3.63. The van der Waals surface area contributed by atoms with E-state index < -0.39 is 0 Å². The van der Waals surface area contributed by atoms with Crippen LogP contribution >= 0.6 is 11.3 Å². The first-order chi connectivity index (χ1) is 21.8. The summed E-state index contributed by atoms with van der Waals surface area (Å²) in [5.74, 6) is 1.81. The molecule has 0 aliphatic carbocycles. The second-order valence-corrected chi connectivity index (χ2v) is 11.7. The quantitative estimate of drug-likeness (QED) is 0.207. The lowest BCUT2D eigenvalue weighted by atomic mass is 10.0. The van der Waals surface area contributed by atoms with Crippen molar-refractivity contribution in [3.05, 3.63) is 134 Å². The summed E-state index contributed by atoms with van der Waals surface area (Å²) in [7, 11) is 0. The van der Waals surface area contributed by atoms with Crippen molar-refractivity contribution in [3.8, 4) is 39.9 Å². The van der Waals surface area contributed by atoms with Gasteiger partial charge in [0, 0.05) is 38.2 Å². The minimum Gasteiger partial charge on any atom is -0.278 e. The second-order valence-electron chi connectivity index (χ2n) is 10.6. The van der Waals surface area contributed by atoms with Crippen LogP contribution in [-0.4, -0.2) is 29.5 Å². The molecule has 9 aromatic rings. The van der Waals surface area contributed by atoms with E-state index in [0.717, 1.165) is 54.1 Å². The number of fused-ring (bicyclic) bond motifs is 6. The predicted molar refractivity (Wildman–Crippen MR) is 179 cm³/mol. The summed E-state index contributed by atoms with van der Waals surface area (Å²) >= 11 is 1.71. The maximum atomic E-state index is 5.12. The van der Waals surface area contributed by atoms with Gasteiger partial charge in [-0.3, -0.25) is 4.57 Å². The lowest BCUT2D eigenvalue weighted by molar-refractivity contribution is 0.954. The van der Waals surface area contributed by atoms with Crippen LogP contribution in [0.1, 0.15) is 0 Å². The lowest BCUT2D eigenvalue weighted by Crippen LogP contribution is -2.06. The standard InChI is InChI=1S/C37H22N6S/c1-3-9-23(10-4-1)24-15-17-26(18-16-24)36-40-35(25-11-5-2-6-12-25)41-37(42-36)43-30-14-8-7-13-27(30)28-20-32-29(19-31(28)43)34-33(44-32)21-38-22-39-34/h1-22H. The molecule has 0 saturated carbocycles. The molecule has 6 nitrogen and oxygen atoms in total. The Hall–Kier alpha value is -5.79. The molecule has 4 aromatic heterocycles. The Morgan fingerprint density at radius 2 is 1.14 bits per heavy atom. The van der Waals surface area contributed by atoms with Crippen molar-refractivity contribution in [2.45, 2.75) is 0 Å². The van der Waals surface area contributed by atoms with Gasteiger partial charge in [-0.15, -0.1) is 11.3 Å². The molecule has 4 heterocycles. The molecule has 0 N–H and O–H groups in total. The highest BCUT2D eigenvalue weighted by Gasteiger charge is 2.19. The highest BCUT2D eigenvalue weighted by Crippen LogP contribution is 2.39. The zero-order valence-electron chi connectivity index (χ0n) is 23.3. The van der Waals surface area contributed by atoms with Crippen molar-refractivity contribution < 1.29 is 0 Å². The molecule has 44 heavy (non-hydrogen) atoms. The van der Waals surface area contributed by atoms with Crippen LogP contribution in [0.3, 0.4) is 0 Å². The van der Waals surface area contributed by atoms with E-state index in [1.807, 2.05) is 42.6 Å². The minimum atomic E-state index is 0.570. The van der Waals surface area contributed by atoms with Crippen molar-refractivity contribution in [2.75, 3.05) is 0 Å². The molecule has 0 amide bonds. The molecule has 0 unspecified atom stereocenters. The summed E-state index contributed by atoms with van der Waals surface area (Å²) in [6.07, 6.45) is 3.50. The summed E-state index contributed by atoms with van der Waals surface area (Å²) < 4.78 is 4.40. The average molecular weight is 583 g/mol. The maximum absolute atomic E-state index is 5.12. The molecule has 0 saturated heterocycles. The molecule has 0 fully saturated rings. The van der Waals surface area contributed by atoms with Crippen molar-refractivity contribution in [1.82, 2.24) is 29.5 Å². The van der Waals surface area contributed by atoms with Gasteiger partial charge in [0.15, 0.2) is 11.6 Å². The number of thiophene rings is 1. The van der Waals surface area contributed by atoms with Gasteiger partial charge in [-0.05, 0) is 29.3 Å². The van der Waals surface area contributed by atoms with Crippen LogP contribution in [0.15, 0.2) is 134 Å². The molecule has 206 valence electrons. The van der Waals surface area contributed by atoms with Crippen molar-refractivity contribution in [1.29, 1.82) is 0 Å². The van der Waals surface area contributed by atoms with E-state index in [0.29, 0.717) is 17.6 Å². The Morgan fingerprint density at radius 3 is 1.91 bits per heavy atom. The minimum absolute atomic E-state index is 0.570. The molecule has 7 heteroatoms. The molecule has 9 rings (SSSR count). The van der Waals surface area contributed by atoms with E-state index in [2.05, 4.69) is 99.5 Å². The van der Waals surface area contributed by atoms with Gasteiger partial charge >= 0.3 is 0 Å². The van der Waals surface area contributed by atoms with Crippen LogP contribution in [-0.2, 0) is 0 Å². The second kappa shape index (κ2) is 9.90. The zero-order valence-corrected chi connectivity index (χ0v) is 24.1. The Bertz CT molecular complexity index is 2480. The molecular formula is C37H22N6S. The topological polar surface area (TPSA) is 69.4 Å². The van der Waals surface area contributed by atoms with E-state index >= 15 is 0 Å². The highest BCUT2D eigenvalue weighted by atomic mass is 32.1. The molecule has 0 spiro atoms. The fourth-order valence-corrected chi connectivity index (χ4v) is 7.00. The highest BCUT2D eigenvalue weighted by molar-refractivity contribution is 7.25. The summed E-state index contributed by atoms with van der Waals surface area (Å²) in [5, 5.41) is 3.38. The maximum Gasteiger partial charge on any atom is 0.238 e. The molecular weight excluding hydrogens is 561 g/mol. The van der Waals surface area contributed by atoms with Crippen LogP contribution < -0.4 is 0 Å². The third-order valence-electron chi connectivity index (χ3n) is 8.03. The Balaban J connectivity index is 1.31. The van der Waals surface area contributed by atoms with Gasteiger partial charge in [0.05, 0.1) is 21.3 Å². The summed E-state index contributed by atoms with van der Waals surface area (Å²) in [6.45, 7) is 0. The van der Waals surface area contributed by atoms with Crippen LogP contribution in [0.5, 0.6) is 0 Å². The fraction of sp³-hybridized carbons (Fsp3) is 0. The van der Waals surface area contributed by atoms with E-state index in [1.165, 1.54) is 10.3 Å². The third-order valence-corrected chi connectivity index (χ3v) is 9.11. The van der Waals surface area contributed by atoms with Gasteiger partial charge in [-0.2, -0.15) is 9.97 Å². The first kappa shape index (κ1) is 24.8. The van der Waals surface area contributed by atoms with Gasteiger partial charge in [0.1, 0.15) is 6.33 Å². The van der Waals surface area contributed by atoms with E-state index in [1.54, 1.807) is 17.7 Å². The van der Waals surface area contributed by atoms with Crippen molar-refractivity contribution in [2.24, 2.45) is 0 Å².